The number of aryl methyl sites for hydroxylation is 1. The predicted octanol–water partition coefficient (Wildman–Crippen LogP) is 8.05. The number of rotatable bonds is 3. The van der Waals surface area contributed by atoms with Crippen LogP contribution in [0.5, 0.6) is 11.5 Å². The van der Waals surface area contributed by atoms with Crippen LogP contribution >= 0.6 is 0 Å². The first-order chi connectivity index (χ1) is 23.1. The molecule has 1 N–H and O–H groups in total. The molecule has 0 aliphatic carbocycles. The zero-order valence-electron chi connectivity index (χ0n) is 26.9. The summed E-state index contributed by atoms with van der Waals surface area (Å²) in [5.41, 5.74) is 4.84. The summed E-state index contributed by atoms with van der Waals surface area (Å²) in [6.07, 6.45) is -1.34. The number of carboxylic acids is 1. The minimum atomic E-state index is -1.34. The fraction of sp³-hybridized carbons (Fsp3) is 0.205. The molecule has 6 aromatic rings. The fourth-order valence-electron chi connectivity index (χ4n) is 6.07. The molecular weight excluding hydrogens is 609 g/mol. The molecule has 1 atom stereocenters. The van der Waals surface area contributed by atoms with Gasteiger partial charge in [0.05, 0.1) is 17.0 Å². The number of carboxylic acid groups (broad SMARTS) is 1. The highest BCUT2D eigenvalue weighted by Gasteiger charge is 2.33. The van der Waals surface area contributed by atoms with Gasteiger partial charge >= 0.3 is 5.97 Å². The molecule has 4 aromatic carbocycles. The zero-order valence-corrected chi connectivity index (χ0v) is 26.9. The van der Waals surface area contributed by atoms with Crippen LogP contribution < -0.4 is 9.47 Å². The average molecular weight is 642 g/mol. The third-order valence-electron chi connectivity index (χ3n) is 8.06. The van der Waals surface area contributed by atoms with E-state index in [2.05, 4.69) is 11.8 Å². The second-order valence-electron chi connectivity index (χ2n) is 12.5. The van der Waals surface area contributed by atoms with Crippen molar-refractivity contribution in [2.24, 2.45) is 0 Å². The average Bonchev–Trinajstić information content (AvgIpc) is 3.48. The number of halogens is 1. The van der Waals surface area contributed by atoms with E-state index in [0.717, 1.165) is 27.5 Å². The molecule has 6 bridgehead atoms. The van der Waals surface area contributed by atoms with Crippen LogP contribution in [0.3, 0.4) is 0 Å². The molecule has 2 aromatic heterocycles. The number of hydrogen-bond donors (Lipinski definition) is 1. The number of nitrogens with zero attached hydrogens (tertiary/aromatic N) is 3. The fourth-order valence-corrected chi connectivity index (χ4v) is 6.07. The SMILES string of the molecule is Cc1nc2cc3nn2c(c1C(OC(C)(C)C)C(=O)O)-c1ccc(c2ccccc12)OCC#CCOc1cc(F)ccc1-c1cccc-3c1. The van der Waals surface area contributed by atoms with Gasteiger partial charge in [-0.15, -0.1) is 0 Å². The van der Waals surface area contributed by atoms with Crippen molar-refractivity contribution in [1.82, 2.24) is 14.6 Å². The van der Waals surface area contributed by atoms with E-state index in [1.54, 1.807) is 17.5 Å². The van der Waals surface area contributed by atoms with Gasteiger partial charge in [-0.1, -0.05) is 54.3 Å². The van der Waals surface area contributed by atoms with E-state index in [9.17, 15) is 14.3 Å². The van der Waals surface area contributed by atoms with Gasteiger partial charge in [0, 0.05) is 45.5 Å². The number of benzene rings is 4. The summed E-state index contributed by atoms with van der Waals surface area (Å²) >= 11 is 0. The number of carbonyl (C=O) groups is 1. The quantitative estimate of drug-likeness (QED) is 0.195. The van der Waals surface area contributed by atoms with E-state index in [1.165, 1.54) is 12.1 Å². The lowest BCUT2D eigenvalue weighted by Gasteiger charge is -2.28. The minimum Gasteiger partial charge on any atom is -0.480 e. The second kappa shape index (κ2) is 12.1. The summed E-state index contributed by atoms with van der Waals surface area (Å²) in [4.78, 5) is 17.8. The smallest absolute Gasteiger partial charge is 0.337 e. The first-order valence-electron chi connectivity index (χ1n) is 15.5. The van der Waals surface area contributed by atoms with E-state index in [1.807, 2.05) is 87.5 Å². The van der Waals surface area contributed by atoms with Gasteiger partial charge in [-0.2, -0.15) is 5.10 Å². The van der Waals surface area contributed by atoms with E-state index >= 15 is 0 Å². The highest BCUT2D eigenvalue weighted by Crippen LogP contribution is 2.41. The molecule has 0 saturated heterocycles. The van der Waals surface area contributed by atoms with Crippen molar-refractivity contribution >= 4 is 22.4 Å². The number of fused-ring (bicyclic) bond motifs is 13. The maximum absolute atomic E-state index is 14.3. The summed E-state index contributed by atoms with van der Waals surface area (Å²) < 4.78 is 34.3. The molecule has 0 spiro atoms. The maximum atomic E-state index is 14.3. The number of aromatic nitrogens is 3. The normalized spacial score (nSPS) is 13.4. The van der Waals surface area contributed by atoms with Crippen LogP contribution in [0.2, 0.25) is 0 Å². The van der Waals surface area contributed by atoms with Gasteiger partial charge in [-0.05, 0) is 69.0 Å². The first kappa shape index (κ1) is 30.9. The lowest BCUT2D eigenvalue weighted by atomic mass is 9.94. The molecule has 0 amide bonds. The Bertz CT molecular complexity index is 2290. The van der Waals surface area contributed by atoms with Crippen LogP contribution in [-0.2, 0) is 9.53 Å². The van der Waals surface area contributed by atoms with Crippen LogP contribution in [0.25, 0.3) is 50.1 Å². The summed E-state index contributed by atoms with van der Waals surface area (Å²) in [7, 11) is 0. The van der Waals surface area contributed by atoms with Gasteiger partial charge in [0.2, 0.25) is 0 Å². The zero-order chi connectivity index (χ0) is 33.6. The molecule has 0 saturated carbocycles. The molecule has 1 unspecified atom stereocenters. The molecule has 7 rings (SSSR count). The molecule has 48 heavy (non-hydrogen) atoms. The lowest BCUT2D eigenvalue weighted by Crippen LogP contribution is -2.29. The van der Waals surface area contributed by atoms with Crippen molar-refractivity contribution < 1.29 is 28.5 Å². The molecule has 0 radical (unpaired) electrons. The van der Waals surface area contributed by atoms with Crippen LogP contribution in [-0.4, -0.2) is 44.5 Å². The standard InChI is InChI=1S/C39H32FN3O5/c1-23-35(37(38(44)45)48-39(2,3)4)36-30-16-17-32(29-13-6-5-12-28(29)30)46-18-7-8-19-47-33-21-26(40)14-15-27(33)24-10-9-11-25(20-24)31-22-34(41-23)43(36)42-31/h5-6,9-17,20-22,37H,18-19H2,1-4H3,(H,44,45). The molecule has 1 aliphatic rings. The van der Waals surface area contributed by atoms with E-state index in [-0.39, 0.29) is 13.2 Å². The van der Waals surface area contributed by atoms with Crippen LogP contribution in [0.4, 0.5) is 4.39 Å². The summed E-state index contributed by atoms with van der Waals surface area (Å²) in [5.74, 6) is 5.36. The predicted molar refractivity (Wildman–Crippen MR) is 181 cm³/mol. The summed E-state index contributed by atoms with van der Waals surface area (Å²) in [6.45, 7) is 7.40. The monoisotopic (exact) mass is 641 g/mol. The summed E-state index contributed by atoms with van der Waals surface area (Å²) in [5, 5.41) is 17.2. The Morgan fingerprint density at radius 1 is 0.896 bits per heavy atom. The second-order valence-corrected chi connectivity index (χ2v) is 12.5. The van der Waals surface area contributed by atoms with E-state index < -0.39 is 23.5 Å². The van der Waals surface area contributed by atoms with Crippen molar-refractivity contribution in [1.29, 1.82) is 0 Å². The number of ether oxygens (including phenoxy) is 3. The van der Waals surface area contributed by atoms with Crippen molar-refractivity contribution in [3.8, 4) is 57.0 Å². The largest absolute Gasteiger partial charge is 0.480 e. The molecule has 240 valence electrons. The van der Waals surface area contributed by atoms with Gasteiger partial charge in [-0.3, -0.25) is 0 Å². The molecule has 8 nitrogen and oxygen atoms in total. The van der Waals surface area contributed by atoms with Gasteiger partial charge < -0.3 is 19.3 Å². The Morgan fingerprint density at radius 2 is 1.60 bits per heavy atom. The van der Waals surface area contributed by atoms with Crippen molar-refractivity contribution in [2.75, 3.05) is 13.2 Å². The summed E-state index contributed by atoms with van der Waals surface area (Å²) in [6, 6.07) is 25.5. The Labute approximate surface area is 276 Å². The van der Waals surface area contributed by atoms with Crippen molar-refractivity contribution in [3.05, 3.63) is 102 Å². The third kappa shape index (κ3) is 5.83. The van der Waals surface area contributed by atoms with E-state index in [4.69, 9.17) is 24.3 Å². The van der Waals surface area contributed by atoms with E-state index in [0.29, 0.717) is 45.4 Å². The highest BCUT2D eigenvalue weighted by molar-refractivity contribution is 6.01. The maximum Gasteiger partial charge on any atom is 0.337 e. The Hall–Kier alpha value is -5.72. The molecule has 0 fully saturated rings. The van der Waals surface area contributed by atoms with Crippen LogP contribution in [0.1, 0.15) is 38.1 Å². The molecule has 1 aliphatic heterocycles. The number of aliphatic carboxylic acids is 1. The van der Waals surface area contributed by atoms with Gasteiger partial charge in [0.1, 0.15) is 30.5 Å². The van der Waals surface area contributed by atoms with Gasteiger partial charge in [0.25, 0.3) is 0 Å². The van der Waals surface area contributed by atoms with Gasteiger partial charge in [0.15, 0.2) is 11.8 Å². The van der Waals surface area contributed by atoms with Crippen LogP contribution in [0, 0.1) is 24.6 Å². The number of hydrogen-bond acceptors (Lipinski definition) is 6. The Balaban J connectivity index is 1.55. The minimum absolute atomic E-state index is 0.0443. The molecule has 3 heterocycles. The third-order valence-corrected chi connectivity index (χ3v) is 8.06. The van der Waals surface area contributed by atoms with Crippen molar-refractivity contribution in [3.63, 3.8) is 0 Å². The highest BCUT2D eigenvalue weighted by atomic mass is 19.1. The topological polar surface area (TPSA) is 95.2 Å². The van der Waals surface area contributed by atoms with Crippen molar-refractivity contribution in [2.45, 2.75) is 39.4 Å². The first-order valence-corrected chi connectivity index (χ1v) is 15.5. The molecular formula is C39H32FN3O5. The Kier molecular flexibility index (Phi) is 7.82. The lowest BCUT2D eigenvalue weighted by molar-refractivity contribution is -0.160. The van der Waals surface area contributed by atoms with Crippen LogP contribution in [0.15, 0.2) is 84.9 Å². The Morgan fingerprint density at radius 3 is 2.35 bits per heavy atom. The van der Waals surface area contributed by atoms with Gasteiger partial charge in [-0.25, -0.2) is 18.7 Å². The molecule has 9 heteroatoms.